The van der Waals surface area contributed by atoms with E-state index in [-0.39, 0.29) is 0 Å². The average Bonchev–Trinajstić information content (AvgIpc) is 2.40. The van der Waals surface area contributed by atoms with Gasteiger partial charge in [0.1, 0.15) is 5.82 Å². The molecule has 0 aliphatic carbocycles. The second-order valence-corrected chi connectivity index (χ2v) is 5.15. The van der Waals surface area contributed by atoms with Gasteiger partial charge in [0.25, 0.3) is 0 Å². The molecule has 1 saturated heterocycles. The van der Waals surface area contributed by atoms with Crippen LogP contribution in [0.25, 0.3) is 0 Å². The Kier molecular flexibility index (Phi) is 5.00. The minimum Gasteiger partial charge on any atom is -0.357 e. The van der Waals surface area contributed by atoms with Crippen molar-refractivity contribution in [1.29, 1.82) is 0 Å². The zero-order chi connectivity index (χ0) is 12.8. The van der Waals surface area contributed by atoms with Gasteiger partial charge in [-0.3, -0.25) is 0 Å². The van der Waals surface area contributed by atoms with Gasteiger partial charge in [-0.25, -0.2) is 4.98 Å². The number of anilines is 1. The molecule has 0 atom stereocenters. The highest BCUT2D eigenvalue weighted by Gasteiger charge is 2.13. The van der Waals surface area contributed by atoms with Crippen molar-refractivity contribution in [1.82, 2.24) is 10.3 Å². The molecule has 1 fully saturated rings. The molecule has 3 heteroatoms. The van der Waals surface area contributed by atoms with Gasteiger partial charge in [-0.15, -0.1) is 0 Å². The monoisotopic (exact) mass is 247 g/mol. The van der Waals surface area contributed by atoms with Gasteiger partial charge in [0.05, 0.1) is 0 Å². The molecular formula is C15H25N3. The summed E-state index contributed by atoms with van der Waals surface area (Å²) in [5.74, 6) is 1.19. The number of nitrogens with zero attached hydrogens (tertiary/aromatic N) is 2. The van der Waals surface area contributed by atoms with Crippen LogP contribution >= 0.6 is 0 Å². The van der Waals surface area contributed by atoms with Crippen LogP contribution in [0.3, 0.4) is 0 Å². The molecule has 0 aromatic carbocycles. The number of pyridine rings is 1. The Bertz CT molecular complexity index is 346. The highest BCUT2D eigenvalue weighted by atomic mass is 15.2. The molecule has 2 heterocycles. The second kappa shape index (κ2) is 6.74. The lowest BCUT2D eigenvalue weighted by Gasteiger charge is -2.28. The van der Waals surface area contributed by atoms with E-state index >= 15 is 0 Å². The van der Waals surface area contributed by atoms with Crippen molar-refractivity contribution < 1.29 is 0 Å². The van der Waals surface area contributed by atoms with Gasteiger partial charge in [-0.2, -0.15) is 0 Å². The Labute approximate surface area is 111 Å². The molecule has 0 unspecified atom stereocenters. The van der Waals surface area contributed by atoms with Gasteiger partial charge in [0, 0.05) is 25.3 Å². The topological polar surface area (TPSA) is 28.2 Å². The maximum absolute atomic E-state index is 4.83. The highest BCUT2D eigenvalue weighted by Crippen LogP contribution is 2.20. The van der Waals surface area contributed by atoms with E-state index in [1.165, 1.54) is 49.4 Å². The van der Waals surface area contributed by atoms with Crippen LogP contribution in [-0.4, -0.2) is 25.1 Å². The highest BCUT2D eigenvalue weighted by molar-refractivity contribution is 5.43. The van der Waals surface area contributed by atoms with E-state index in [9.17, 15) is 0 Å². The molecule has 1 aromatic rings. The average molecular weight is 247 g/mol. The number of aryl methyl sites for hydroxylation is 1. The summed E-state index contributed by atoms with van der Waals surface area (Å²) in [5, 5.41) is 3.24. The fourth-order valence-electron chi connectivity index (χ4n) is 2.61. The molecule has 18 heavy (non-hydrogen) atoms. The predicted molar refractivity (Wildman–Crippen MR) is 77.1 cm³/mol. The lowest BCUT2D eigenvalue weighted by atomic mass is 10.1. The van der Waals surface area contributed by atoms with Crippen LogP contribution in [0.15, 0.2) is 12.1 Å². The normalized spacial score (nSPS) is 16.0. The molecule has 1 N–H and O–H groups in total. The van der Waals surface area contributed by atoms with Crippen molar-refractivity contribution in [3.63, 3.8) is 0 Å². The lowest BCUT2D eigenvalue weighted by molar-refractivity contribution is 0.572. The number of rotatable bonds is 5. The van der Waals surface area contributed by atoms with Gasteiger partial charge in [-0.1, -0.05) is 13.3 Å². The molecule has 0 bridgehead atoms. The third kappa shape index (κ3) is 3.45. The SMILES string of the molecule is CCCc1cc(CNC)cc(N2CCCCC2)n1. The maximum Gasteiger partial charge on any atom is 0.129 e. The first-order chi connectivity index (χ1) is 8.83. The Morgan fingerprint density at radius 3 is 2.67 bits per heavy atom. The van der Waals surface area contributed by atoms with Crippen LogP contribution in [0.1, 0.15) is 43.9 Å². The summed E-state index contributed by atoms with van der Waals surface area (Å²) in [5.41, 5.74) is 2.60. The standard InChI is InChI=1S/C15H25N3/c1-3-7-14-10-13(12-16-2)11-15(17-14)18-8-5-4-6-9-18/h10-11,16H,3-9,12H2,1-2H3. The lowest BCUT2D eigenvalue weighted by Crippen LogP contribution is -2.30. The number of piperidine rings is 1. The number of hydrogen-bond acceptors (Lipinski definition) is 3. The van der Waals surface area contributed by atoms with E-state index < -0.39 is 0 Å². The molecular weight excluding hydrogens is 222 g/mol. The maximum atomic E-state index is 4.83. The minimum absolute atomic E-state index is 0.931. The first-order valence-corrected chi connectivity index (χ1v) is 7.23. The van der Waals surface area contributed by atoms with Crippen molar-refractivity contribution in [2.45, 2.75) is 45.6 Å². The van der Waals surface area contributed by atoms with Crippen LogP contribution in [0.2, 0.25) is 0 Å². The van der Waals surface area contributed by atoms with Crippen molar-refractivity contribution >= 4 is 5.82 Å². The summed E-state index contributed by atoms with van der Waals surface area (Å²) >= 11 is 0. The first-order valence-electron chi connectivity index (χ1n) is 7.23. The largest absolute Gasteiger partial charge is 0.357 e. The number of aromatic nitrogens is 1. The first kappa shape index (κ1) is 13.3. The van der Waals surface area contributed by atoms with E-state index in [1.54, 1.807) is 0 Å². The second-order valence-electron chi connectivity index (χ2n) is 5.15. The zero-order valence-corrected chi connectivity index (χ0v) is 11.7. The predicted octanol–water partition coefficient (Wildman–Crippen LogP) is 2.74. The molecule has 1 aliphatic rings. The van der Waals surface area contributed by atoms with Gasteiger partial charge in [-0.05, 0) is 50.4 Å². The van der Waals surface area contributed by atoms with E-state index in [2.05, 4.69) is 29.3 Å². The molecule has 100 valence electrons. The fraction of sp³-hybridized carbons (Fsp3) is 0.667. The summed E-state index contributed by atoms with van der Waals surface area (Å²) in [4.78, 5) is 7.27. The Morgan fingerprint density at radius 2 is 2.00 bits per heavy atom. The Morgan fingerprint density at radius 1 is 1.22 bits per heavy atom. The van der Waals surface area contributed by atoms with Crippen LogP contribution in [0.5, 0.6) is 0 Å². The third-order valence-corrected chi connectivity index (χ3v) is 3.49. The quantitative estimate of drug-likeness (QED) is 0.867. The van der Waals surface area contributed by atoms with Crippen molar-refractivity contribution in [3.05, 3.63) is 23.4 Å². The molecule has 1 aliphatic heterocycles. The summed E-state index contributed by atoms with van der Waals surface area (Å²) in [6, 6.07) is 4.49. The van der Waals surface area contributed by atoms with E-state index in [1.807, 2.05) is 7.05 Å². The summed E-state index contributed by atoms with van der Waals surface area (Å²) in [7, 11) is 2.00. The Balaban J connectivity index is 2.20. The molecule has 3 nitrogen and oxygen atoms in total. The number of hydrogen-bond donors (Lipinski definition) is 1. The molecule has 1 aromatic heterocycles. The molecule has 0 spiro atoms. The van der Waals surface area contributed by atoms with Crippen LogP contribution in [0, 0.1) is 0 Å². The van der Waals surface area contributed by atoms with E-state index in [0.717, 1.165) is 19.4 Å². The van der Waals surface area contributed by atoms with Gasteiger partial charge >= 0.3 is 0 Å². The zero-order valence-electron chi connectivity index (χ0n) is 11.7. The fourth-order valence-corrected chi connectivity index (χ4v) is 2.61. The summed E-state index contributed by atoms with van der Waals surface area (Å²) in [6.45, 7) is 5.48. The van der Waals surface area contributed by atoms with Crippen molar-refractivity contribution in [2.24, 2.45) is 0 Å². The van der Waals surface area contributed by atoms with Crippen LogP contribution < -0.4 is 10.2 Å². The summed E-state index contributed by atoms with van der Waals surface area (Å²) in [6.07, 6.45) is 6.23. The molecule has 2 rings (SSSR count). The van der Waals surface area contributed by atoms with Crippen molar-refractivity contribution in [3.8, 4) is 0 Å². The molecule has 0 amide bonds. The van der Waals surface area contributed by atoms with Crippen LogP contribution in [0.4, 0.5) is 5.82 Å². The third-order valence-electron chi connectivity index (χ3n) is 3.49. The van der Waals surface area contributed by atoms with E-state index in [0.29, 0.717) is 0 Å². The minimum atomic E-state index is 0.931. The van der Waals surface area contributed by atoms with Gasteiger partial charge < -0.3 is 10.2 Å². The Hall–Kier alpha value is -1.09. The summed E-state index contributed by atoms with van der Waals surface area (Å²) < 4.78 is 0. The van der Waals surface area contributed by atoms with Crippen molar-refractivity contribution in [2.75, 3.05) is 25.0 Å². The van der Waals surface area contributed by atoms with Crippen LogP contribution in [-0.2, 0) is 13.0 Å². The van der Waals surface area contributed by atoms with E-state index in [4.69, 9.17) is 4.98 Å². The number of nitrogens with one attached hydrogen (secondary N) is 1. The van der Waals surface area contributed by atoms with Gasteiger partial charge in [0.15, 0.2) is 0 Å². The molecule has 0 radical (unpaired) electrons. The smallest absolute Gasteiger partial charge is 0.129 e. The molecule has 0 saturated carbocycles. The van der Waals surface area contributed by atoms with Gasteiger partial charge in [0.2, 0.25) is 0 Å².